The minimum Gasteiger partial charge on any atom is -0.379 e. The fourth-order valence-corrected chi connectivity index (χ4v) is 3.28. The van der Waals surface area contributed by atoms with E-state index in [9.17, 15) is 4.79 Å². The van der Waals surface area contributed by atoms with Crippen molar-refractivity contribution in [3.8, 4) is 0 Å². The van der Waals surface area contributed by atoms with Gasteiger partial charge >= 0.3 is 0 Å². The maximum atomic E-state index is 12.7. The highest BCUT2D eigenvalue weighted by Gasteiger charge is 2.20. The van der Waals surface area contributed by atoms with Gasteiger partial charge in [0.1, 0.15) is 0 Å². The molecule has 1 aliphatic rings. The Kier molecular flexibility index (Phi) is 6.45. The summed E-state index contributed by atoms with van der Waals surface area (Å²) in [4.78, 5) is 15.0. The fraction of sp³-hybridized carbons (Fsp3) is 0.350. The molecular weight excluding hydrogens is 427 g/mol. The normalized spacial score (nSPS) is 16.4. The molecule has 1 aliphatic heterocycles. The Hall–Kier alpha value is -1.44. The summed E-state index contributed by atoms with van der Waals surface area (Å²) in [7, 11) is 0. The van der Waals surface area contributed by atoms with Gasteiger partial charge in [0.05, 0.1) is 19.3 Å². The third-order valence-electron chi connectivity index (χ3n) is 4.44. The van der Waals surface area contributed by atoms with Gasteiger partial charge in [-0.25, -0.2) is 0 Å². The van der Waals surface area contributed by atoms with Gasteiger partial charge in [-0.3, -0.25) is 9.69 Å². The van der Waals surface area contributed by atoms with Gasteiger partial charge in [-0.2, -0.15) is 0 Å². The molecule has 1 saturated heterocycles. The van der Waals surface area contributed by atoms with Crippen molar-refractivity contribution in [1.82, 2.24) is 10.2 Å². The Morgan fingerprint density at radius 3 is 2.40 bits per heavy atom. The second-order valence-electron chi connectivity index (χ2n) is 6.36. The lowest BCUT2D eigenvalue weighted by Gasteiger charge is -2.31. The number of rotatable bonds is 5. The summed E-state index contributed by atoms with van der Waals surface area (Å²) in [5.74, 6) is -0.0322. The summed E-state index contributed by atoms with van der Waals surface area (Å²) in [6.07, 6.45) is 0. The summed E-state index contributed by atoms with van der Waals surface area (Å²) >= 11 is 2.24. The fourth-order valence-electron chi connectivity index (χ4n) is 2.92. The van der Waals surface area contributed by atoms with E-state index in [-0.39, 0.29) is 11.9 Å². The number of ether oxygens (including phenoxy) is 1. The first-order valence-corrected chi connectivity index (χ1v) is 9.63. The van der Waals surface area contributed by atoms with Crippen LogP contribution in [0.2, 0.25) is 0 Å². The van der Waals surface area contributed by atoms with E-state index in [1.165, 1.54) is 5.56 Å². The van der Waals surface area contributed by atoms with Crippen molar-refractivity contribution in [3.63, 3.8) is 0 Å². The number of hydrogen-bond donors (Lipinski definition) is 1. The maximum Gasteiger partial charge on any atom is 0.251 e. The van der Waals surface area contributed by atoms with Crippen molar-refractivity contribution in [2.24, 2.45) is 0 Å². The predicted molar refractivity (Wildman–Crippen MR) is 108 cm³/mol. The van der Waals surface area contributed by atoms with Crippen LogP contribution in [-0.4, -0.2) is 43.7 Å². The number of amides is 1. The van der Waals surface area contributed by atoms with Gasteiger partial charge in [-0.05, 0) is 59.3 Å². The second kappa shape index (κ2) is 8.78. The van der Waals surface area contributed by atoms with Crippen molar-refractivity contribution < 1.29 is 9.53 Å². The van der Waals surface area contributed by atoms with Crippen LogP contribution in [0.15, 0.2) is 48.5 Å². The van der Waals surface area contributed by atoms with Gasteiger partial charge in [0.25, 0.3) is 5.91 Å². The number of aryl methyl sites for hydroxylation is 1. The number of carbonyl (C=O) groups excluding carboxylic acids is 1. The Morgan fingerprint density at radius 1 is 1.12 bits per heavy atom. The van der Waals surface area contributed by atoms with Crippen LogP contribution in [0.4, 0.5) is 0 Å². The lowest BCUT2D eigenvalue weighted by molar-refractivity contribution is 0.0332. The first-order valence-electron chi connectivity index (χ1n) is 8.55. The minimum absolute atomic E-state index is 0.0322. The summed E-state index contributed by atoms with van der Waals surface area (Å²) in [5, 5.41) is 3.21. The molecule has 0 unspecified atom stereocenters. The smallest absolute Gasteiger partial charge is 0.251 e. The predicted octanol–water partition coefficient (Wildman–Crippen LogP) is 3.40. The molecule has 4 nitrogen and oxygen atoms in total. The summed E-state index contributed by atoms with van der Waals surface area (Å²) in [6, 6.07) is 16.0. The quantitative estimate of drug-likeness (QED) is 0.711. The maximum absolute atomic E-state index is 12.7. The molecule has 0 bridgehead atoms. The molecule has 2 aromatic rings. The molecule has 5 heteroatoms. The molecule has 0 radical (unpaired) electrons. The van der Waals surface area contributed by atoms with Crippen molar-refractivity contribution in [1.29, 1.82) is 0 Å². The van der Waals surface area contributed by atoms with Crippen LogP contribution in [0.25, 0.3) is 0 Å². The van der Waals surface area contributed by atoms with Crippen LogP contribution in [0, 0.1) is 10.5 Å². The van der Waals surface area contributed by atoms with Gasteiger partial charge in [0, 0.05) is 28.8 Å². The number of nitrogens with one attached hydrogen (secondary N) is 1. The van der Waals surface area contributed by atoms with E-state index in [0.717, 1.165) is 42.0 Å². The number of halogens is 1. The molecule has 3 rings (SSSR count). The van der Waals surface area contributed by atoms with E-state index in [1.54, 1.807) is 0 Å². The molecule has 0 saturated carbocycles. The molecule has 1 atom stereocenters. The SMILES string of the molecule is Cc1ccc([C@H](CN2CCOCC2)NC(=O)c2ccc(I)cc2)cc1. The highest BCUT2D eigenvalue weighted by Crippen LogP contribution is 2.18. The largest absolute Gasteiger partial charge is 0.379 e. The summed E-state index contributed by atoms with van der Waals surface area (Å²) in [6.45, 7) is 6.19. The summed E-state index contributed by atoms with van der Waals surface area (Å²) < 4.78 is 6.56. The average molecular weight is 450 g/mol. The molecule has 25 heavy (non-hydrogen) atoms. The standard InChI is InChI=1S/C20H23IN2O2/c1-15-2-4-16(5-3-15)19(14-23-10-12-25-13-11-23)22-20(24)17-6-8-18(21)9-7-17/h2-9,19H,10-14H2,1H3,(H,22,24)/t19-/m0/s1. The monoisotopic (exact) mass is 450 g/mol. The number of nitrogens with zero attached hydrogens (tertiary/aromatic N) is 1. The first kappa shape index (κ1) is 18.4. The number of carbonyl (C=O) groups is 1. The Labute approximate surface area is 162 Å². The molecule has 0 aliphatic carbocycles. The van der Waals surface area contributed by atoms with E-state index in [4.69, 9.17) is 4.74 Å². The lowest BCUT2D eigenvalue weighted by Crippen LogP contribution is -2.43. The van der Waals surface area contributed by atoms with Crippen LogP contribution in [0.3, 0.4) is 0 Å². The Morgan fingerprint density at radius 2 is 1.76 bits per heavy atom. The van der Waals surface area contributed by atoms with Crippen molar-refractivity contribution in [3.05, 3.63) is 68.8 Å². The third-order valence-corrected chi connectivity index (χ3v) is 5.16. The lowest BCUT2D eigenvalue weighted by atomic mass is 10.0. The number of morpholine rings is 1. The van der Waals surface area contributed by atoms with Crippen molar-refractivity contribution in [2.75, 3.05) is 32.8 Å². The topological polar surface area (TPSA) is 41.6 Å². The van der Waals surface area contributed by atoms with Crippen LogP contribution in [0.5, 0.6) is 0 Å². The van der Waals surface area contributed by atoms with Crippen LogP contribution in [0.1, 0.15) is 27.5 Å². The third kappa shape index (κ3) is 5.26. The molecule has 0 aromatic heterocycles. The van der Waals surface area contributed by atoms with Crippen molar-refractivity contribution in [2.45, 2.75) is 13.0 Å². The van der Waals surface area contributed by atoms with E-state index in [2.05, 4.69) is 64.0 Å². The van der Waals surface area contributed by atoms with Gasteiger partial charge in [0.2, 0.25) is 0 Å². The molecule has 1 fully saturated rings. The van der Waals surface area contributed by atoms with Crippen LogP contribution >= 0.6 is 22.6 Å². The molecule has 2 aromatic carbocycles. The highest BCUT2D eigenvalue weighted by atomic mass is 127. The van der Waals surface area contributed by atoms with Gasteiger partial charge in [0.15, 0.2) is 0 Å². The molecule has 1 heterocycles. The van der Waals surface area contributed by atoms with Crippen LogP contribution < -0.4 is 5.32 Å². The van der Waals surface area contributed by atoms with E-state index in [1.807, 2.05) is 24.3 Å². The molecule has 132 valence electrons. The van der Waals surface area contributed by atoms with Gasteiger partial charge < -0.3 is 10.1 Å². The zero-order valence-electron chi connectivity index (χ0n) is 14.4. The first-order chi connectivity index (χ1) is 12.1. The Bertz CT molecular complexity index is 695. The molecule has 1 amide bonds. The van der Waals surface area contributed by atoms with E-state index >= 15 is 0 Å². The molecule has 1 N–H and O–H groups in total. The minimum atomic E-state index is -0.0366. The summed E-state index contributed by atoms with van der Waals surface area (Å²) in [5.41, 5.74) is 3.05. The highest BCUT2D eigenvalue weighted by molar-refractivity contribution is 14.1. The zero-order valence-corrected chi connectivity index (χ0v) is 16.5. The van der Waals surface area contributed by atoms with E-state index in [0.29, 0.717) is 5.56 Å². The zero-order chi connectivity index (χ0) is 17.6. The van der Waals surface area contributed by atoms with Gasteiger partial charge in [-0.1, -0.05) is 29.8 Å². The average Bonchev–Trinajstić information content (AvgIpc) is 2.63. The Balaban J connectivity index is 1.76. The van der Waals surface area contributed by atoms with E-state index < -0.39 is 0 Å². The van der Waals surface area contributed by atoms with Crippen molar-refractivity contribution >= 4 is 28.5 Å². The second-order valence-corrected chi connectivity index (χ2v) is 7.60. The van der Waals surface area contributed by atoms with Gasteiger partial charge in [-0.15, -0.1) is 0 Å². The molecular formula is C20H23IN2O2. The molecule has 0 spiro atoms. The number of hydrogen-bond acceptors (Lipinski definition) is 3. The van der Waals surface area contributed by atoms with Crippen LogP contribution in [-0.2, 0) is 4.74 Å². The number of benzene rings is 2.